The van der Waals surface area contributed by atoms with Crippen LogP contribution in [0.2, 0.25) is 0 Å². The molecule has 1 saturated carbocycles. The van der Waals surface area contributed by atoms with Gasteiger partial charge in [-0.05, 0) is 43.0 Å². The molecule has 1 aliphatic rings. The third-order valence-corrected chi connectivity index (χ3v) is 7.22. The lowest BCUT2D eigenvalue weighted by Crippen LogP contribution is -2.33. The molecule has 1 atom stereocenters. The highest BCUT2D eigenvalue weighted by Gasteiger charge is 2.47. The zero-order valence-corrected chi connectivity index (χ0v) is 16.0. The number of rotatable bonds is 8. The van der Waals surface area contributed by atoms with Gasteiger partial charge in [0.15, 0.2) is 5.66 Å². The number of nitro groups is 1. The van der Waals surface area contributed by atoms with Gasteiger partial charge in [-0.1, -0.05) is 55.7 Å². The summed E-state index contributed by atoms with van der Waals surface area (Å²) in [5.41, 5.74) is -0.784. The zero-order valence-electron chi connectivity index (χ0n) is 15.1. The normalized spacial score (nSPS) is 16.4. The van der Waals surface area contributed by atoms with Crippen LogP contribution in [-0.2, 0) is 4.57 Å². The molecule has 0 saturated heterocycles. The molecule has 7 heteroatoms. The fourth-order valence-electron chi connectivity index (χ4n) is 3.59. The van der Waals surface area contributed by atoms with Gasteiger partial charge >= 0.3 is 7.60 Å². The largest absolute Gasteiger partial charge is 0.440 e. The average molecular weight is 389 g/mol. The minimum Gasteiger partial charge on any atom is -0.416 e. The molecular formula is C20H24NO5P. The lowest BCUT2D eigenvalue weighted by molar-refractivity contribution is -0.481. The smallest absolute Gasteiger partial charge is 0.416 e. The van der Waals surface area contributed by atoms with Gasteiger partial charge in [0.25, 0.3) is 0 Å². The number of para-hydroxylation sites is 2. The number of nitrogens with zero attached hydrogens (tertiary/aromatic N) is 1. The van der Waals surface area contributed by atoms with Crippen molar-refractivity contribution in [3.63, 3.8) is 0 Å². The van der Waals surface area contributed by atoms with Crippen LogP contribution in [-0.4, -0.2) is 17.1 Å². The summed E-state index contributed by atoms with van der Waals surface area (Å²) in [4.78, 5) is 11.0. The van der Waals surface area contributed by atoms with E-state index < -0.39 is 24.7 Å². The molecule has 0 spiro atoms. The predicted octanol–water partition coefficient (Wildman–Crippen LogP) is 5.56. The van der Waals surface area contributed by atoms with Crippen LogP contribution >= 0.6 is 7.60 Å². The molecule has 0 N–H and O–H groups in total. The Morgan fingerprint density at radius 2 is 1.41 bits per heavy atom. The van der Waals surface area contributed by atoms with Gasteiger partial charge in [-0.25, -0.2) is 4.57 Å². The van der Waals surface area contributed by atoms with Gasteiger partial charge in [-0.15, -0.1) is 0 Å². The van der Waals surface area contributed by atoms with E-state index in [1.165, 1.54) is 0 Å². The van der Waals surface area contributed by atoms with Crippen molar-refractivity contribution in [2.75, 3.05) is 6.54 Å². The molecule has 1 fully saturated rings. The molecule has 0 aliphatic heterocycles. The summed E-state index contributed by atoms with van der Waals surface area (Å²) in [5, 5.41) is 11.4. The summed E-state index contributed by atoms with van der Waals surface area (Å²) in [6.07, 6.45) is 4.67. The first-order chi connectivity index (χ1) is 13.1. The molecular weight excluding hydrogens is 365 g/mol. The van der Waals surface area contributed by atoms with Crippen molar-refractivity contribution in [2.24, 2.45) is 5.92 Å². The van der Waals surface area contributed by atoms with Gasteiger partial charge in [0.1, 0.15) is 11.5 Å². The van der Waals surface area contributed by atoms with Crippen LogP contribution in [0.1, 0.15) is 32.1 Å². The molecule has 0 radical (unpaired) electrons. The van der Waals surface area contributed by atoms with Crippen LogP contribution in [0.15, 0.2) is 60.7 Å². The zero-order chi connectivity index (χ0) is 19.1. The minimum atomic E-state index is -3.84. The Morgan fingerprint density at radius 3 is 1.85 bits per heavy atom. The highest BCUT2D eigenvalue weighted by molar-refractivity contribution is 7.55. The number of hydrogen-bond donors (Lipinski definition) is 0. The van der Waals surface area contributed by atoms with E-state index in [4.69, 9.17) is 9.05 Å². The Balaban J connectivity index is 1.96. The summed E-state index contributed by atoms with van der Waals surface area (Å²) >= 11 is 0. The van der Waals surface area contributed by atoms with Crippen molar-refractivity contribution in [1.82, 2.24) is 0 Å². The minimum absolute atomic E-state index is 0.0533. The molecule has 0 unspecified atom stereocenters. The maximum atomic E-state index is 13.9. The lowest BCUT2D eigenvalue weighted by atomic mass is 9.87. The first-order valence-corrected chi connectivity index (χ1v) is 10.9. The van der Waals surface area contributed by atoms with Crippen LogP contribution in [0.25, 0.3) is 0 Å². The predicted molar refractivity (Wildman–Crippen MR) is 104 cm³/mol. The van der Waals surface area contributed by atoms with Crippen LogP contribution in [0.5, 0.6) is 11.5 Å². The standard InChI is InChI=1S/C20H24NO5P/c22-21(23)16-20(17-10-4-1-5-11-17)27(24,25-18-12-6-2-7-13-18)26-19-14-8-3-9-15-19/h2-3,6-9,12-15,17,20H,1,4-5,10-11,16H2/t20-/m0/s1. The summed E-state index contributed by atoms with van der Waals surface area (Å²) in [7, 11) is -3.84. The van der Waals surface area contributed by atoms with E-state index in [1.54, 1.807) is 48.5 Å². The van der Waals surface area contributed by atoms with E-state index in [0.717, 1.165) is 32.1 Å². The van der Waals surface area contributed by atoms with E-state index in [1.807, 2.05) is 12.1 Å². The molecule has 1 aliphatic carbocycles. The van der Waals surface area contributed by atoms with Gasteiger partial charge < -0.3 is 9.05 Å². The second-order valence-corrected chi connectivity index (χ2v) is 8.94. The molecule has 0 aromatic heterocycles. The number of benzene rings is 2. The Morgan fingerprint density at radius 1 is 0.926 bits per heavy atom. The van der Waals surface area contributed by atoms with Crippen molar-refractivity contribution in [2.45, 2.75) is 37.8 Å². The van der Waals surface area contributed by atoms with Crippen LogP contribution < -0.4 is 9.05 Å². The van der Waals surface area contributed by atoms with E-state index in [9.17, 15) is 14.7 Å². The summed E-state index contributed by atoms with van der Waals surface area (Å²) in [6, 6.07) is 17.5. The third-order valence-electron chi connectivity index (χ3n) is 4.89. The van der Waals surface area contributed by atoms with Crippen LogP contribution in [0, 0.1) is 16.0 Å². The summed E-state index contributed by atoms with van der Waals surface area (Å²) in [5.74, 6) is 0.726. The van der Waals surface area contributed by atoms with E-state index >= 15 is 0 Å². The SMILES string of the molecule is O=[N+]([O-])C[C@@H](C1CCCCC1)P(=O)(Oc1ccccc1)Oc1ccccc1. The van der Waals surface area contributed by atoms with Gasteiger partial charge in [0.05, 0.1) is 0 Å². The monoisotopic (exact) mass is 389 g/mol. The molecule has 6 nitrogen and oxygen atoms in total. The molecule has 144 valence electrons. The van der Waals surface area contributed by atoms with Crippen molar-refractivity contribution >= 4 is 7.60 Å². The Labute approximate surface area is 159 Å². The highest BCUT2D eigenvalue weighted by Crippen LogP contribution is 2.57. The third kappa shape index (κ3) is 5.33. The van der Waals surface area contributed by atoms with Crippen molar-refractivity contribution in [1.29, 1.82) is 0 Å². The van der Waals surface area contributed by atoms with Crippen molar-refractivity contribution < 1.29 is 18.5 Å². The molecule has 2 aromatic carbocycles. The fraction of sp³-hybridized carbons (Fsp3) is 0.400. The maximum absolute atomic E-state index is 13.9. The van der Waals surface area contributed by atoms with Gasteiger partial charge in [-0.2, -0.15) is 0 Å². The van der Waals surface area contributed by atoms with E-state index in [0.29, 0.717) is 11.5 Å². The van der Waals surface area contributed by atoms with Gasteiger partial charge in [0.2, 0.25) is 6.54 Å². The first-order valence-electron chi connectivity index (χ1n) is 9.27. The molecule has 0 heterocycles. The fourth-order valence-corrected chi connectivity index (χ4v) is 5.88. The Hall–Kier alpha value is -2.33. The van der Waals surface area contributed by atoms with Crippen molar-refractivity contribution in [3.05, 3.63) is 70.8 Å². The lowest BCUT2D eigenvalue weighted by Gasteiger charge is -2.32. The summed E-state index contributed by atoms with van der Waals surface area (Å²) < 4.78 is 25.6. The average Bonchev–Trinajstić information content (AvgIpc) is 2.68. The first kappa shape index (κ1) is 19.4. The van der Waals surface area contributed by atoms with Crippen LogP contribution in [0.3, 0.4) is 0 Å². The van der Waals surface area contributed by atoms with Crippen molar-refractivity contribution in [3.8, 4) is 11.5 Å². The molecule has 0 amide bonds. The molecule has 0 bridgehead atoms. The Kier molecular flexibility index (Phi) is 6.51. The summed E-state index contributed by atoms with van der Waals surface area (Å²) in [6.45, 7) is -0.429. The van der Waals surface area contributed by atoms with Gasteiger partial charge in [-0.3, -0.25) is 10.1 Å². The molecule has 27 heavy (non-hydrogen) atoms. The van der Waals surface area contributed by atoms with E-state index in [2.05, 4.69) is 0 Å². The maximum Gasteiger partial charge on any atom is 0.440 e. The second kappa shape index (κ2) is 9.05. The van der Waals surface area contributed by atoms with Gasteiger partial charge in [0, 0.05) is 4.92 Å². The highest BCUT2D eigenvalue weighted by atomic mass is 31.2. The quantitative estimate of drug-likeness (QED) is 0.335. The second-order valence-electron chi connectivity index (χ2n) is 6.83. The van der Waals surface area contributed by atoms with E-state index in [-0.39, 0.29) is 5.92 Å². The van der Waals surface area contributed by atoms with Crippen LogP contribution in [0.4, 0.5) is 0 Å². The number of hydrogen-bond acceptors (Lipinski definition) is 5. The Bertz CT molecular complexity index is 732. The molecule has 2 aromatic rings. The topological polar surface area (TPSA) is 78.7 Å². The molecule has 3 rings (SSSR count).